The van der Waals surface area contributed by atoms with Crippen LogP contribution in [0.15, 0.2) is 0 Å². The molecular weight excluding hydrogens is 172 g/mol. The van der Waals surface area contributed by atoms with Crippen LogP contribution in [0, 0.1) is 5.92 Å². The van der Waals surface area contributed by atoms with Crippen LogP contribution in [0.3, 0.4) is 0 Å². The maximum absolute atomic E-state index is 3.56. The van der Waals surface area contributed by atoms with Crippen molar-refractivity contribution in [3.05, 3.63) is 0 Å². The minimum Gasteiger partial charge on any atom is -0.313 e. The average Bonchev–Trinajstić information content (AvgIpc) is 2.02. The zero-order valence-electron chi connectivity index (χ0n) is 10.8. The van der Waals surface area contributed by atoms with Gasteiger partial charge in [-0.3, -0.25) is 0 Å². The van der Waals surface area contributed by atoms with Gasteiger partial charge in [0.2, 0.25) is 0 Å². The summed E-state index contributed by atoms with van der Waals surface area (Å²) >= 11 is 0. The van der Waals surface area contributed by atoms with Crippen molar-refractivity contribution < 1.29 is 0 Å². The van der Waals surface area contributed by atoms with E-state index in [0.717, 1.165) is 19.0 Å². The summed E-state index contributed by atoms with van der Waals surface area (Å²) in [5.41, 5.74) is 0. The SMILES string of the molecule is CC(C)CC(C)NCCN(C)C(C)C. The molecule has 1 N–H and O–H groups in total. The van der Waals surface area contributed by atoms with Gasteiger partial charge in [0, 0.05) is 25.2 Å². The second-order valence-corrected chi connectivity index (χ2v) is 5.06. The van der Waals surface area contributed by atoms with E-state index in [1.807, 2.05) is 0 Å². The lowest BCUT2D eigenvalue weighted by atomic mass is 10.1. The molecule has 2 nitrogen and oxygen atoms in total. The van der Waals surface area contributed by atoms with Gasteiger partial charge in [0.05, 0.1) is 0 Å². The molecule has 0 radical (unpaired) electrons. The molecule has 0 amide bonds. The smallest absolute Gasteiger partial charge is 0.0107 e. The fourth-order valence-electron chi connectivity index (χ4n) is 1.54. The van der Waals surface area contributed by atoms with Gasteiger partial charge in [-0.25, -0.2) is 0 Å². The normalized spacial score (nSPS) is 14.4. The molecule has 0 aromatic rings. The molecular formula is C12H28N2. The largest absolute Gasteiger partial charge is 0.313 e. The van der Waals surface area contributed by atoms with Crippen molar-refractivity contribution in [3.63, 3.8) is 0 Å². The second-order valence-electron chi connectivity index (χ2n) is 5.06. The third-order valence-electron chi connectivity index (χ3n) is 2.66. The molecule has 86 valence electrons. The molecule has 0 spiro atoms. The van der Waals surface area contributed by atoms with Gasteiger partial charge in [-0.2, -0.15) is 0 Å². The van der Waals surface area contributed by atoms with Gasteiger partial charge >= 0.3 is 0 Å². The highest BCUT2D eigenvalue weighted by Gasteiger charge is 2.05. The van der Waals surface area contributed by atoms with Gasteiger partial charge in [-0.15, -0.1) is 0 Å². The summed E-state index contributed by atoms with van der Waals surface area (Å²) in [7, 11) is 2.18. The van der Waals surface area contributed by atoms with E-state index in [-0.39, 0.29) is 0 Å². The molecule has 0 aliphatic carbocycles. The van der Waals surface area contributed by atoms with Crippen LogP contribution in [0.5, 0.6) is 0 Å². The van der Waals surface area contributed by atoms with Gasteiger partial charge in [0.25, 0.3) is 0 Å². The van der Waals surface area contributed by atoms with Crippen LogP contribution in [-0.4, -0.2) is 37.1 Å². The van der Waals surface area contributed by atoms with Crippen molar-refractivity contribution in [2.45, 2.75) is 53.1 Å². The van der Waals surface area contributed by atoms with Crippen molar-refractivity contribution in [1.29, 1.82) is 0 Å². The second kappa shape index (κ2) is 7.24. The fraction of sp³-hybridized carbons (Fsp3) is 1.00. The number of likely N-dealkylation sites (N-methyl/N-ethyl adjacent to an activating group) is 1. The van der Waals surface area contributed by atoms with E-state index in [9.17, 15) is 0 Å². The van der Waals surface area contributed by atoms with Gasteiger partial charge in [0.15, 0.2) is 0 Å². The van der Waals surface area contributed by atoms with Gasteiger partial charge in [-0.1, -0.05) is 13.8 Å². The zero-order chi connectivity index (χ0) is 11.1. The summed E-state index contributed by atoms with van der Waals surface area (Å²) in [5, 5.41) is 3.56. The molecule has 0 saturated heterocycles. The Morgan fingerprint density at radius 3 is 2.07 bits per heavy atom. The lowest BCUT2D eigenvalue weighted by Crippen LogP contribution is -2.37. The standard InChI is InChI=1S/C12H28N2/c1-10(2)9-12(5)13-7-8-14(6)11(3)4/h10-13H,7-9H2,1-6H3. The number of hydrogen-bond donors (Lipinski definition) is 1. The maximum atomic E-state index is 3.56. The van der Waals surface area contributed by atoms with Crippen LogP contribution in [0.25, 0.3) is 0 Å². The Morgan fingerprint density at radius 2 is 1.64 bits per heavy atom. The van der Waals surface area contributed by atoms with Crippen LogP contribution in [-0.2, 0) is 0 Å². The molecule has 0 fully saturated rings. The van der Waals surface area contributed by atoms with Crippen LogP contribution in [0.1, 0.15) is 41.0 Å². The van der Waals surface area contributed by atoms with E-state index in [4.69, 9.17) is 0 Å². The summed E-state index contributed by atoms with van der Waals surface area (Å²) in [6, 6.07) is 1.30. The highest BCUT2D eigenvalue weighted by atomic mass is 15.1. The van der Waals surface area contributed by atoms with E-state index in [2.05, 4.69) is 51.9 Å². The average molecular weight is 200 g/mol. The van der Waals surface area contributed by atoms with Crippen LogP contribution < -0.4 is 5.32 Å². The Labute approximate surface area is 90.1 Å². The Balaban J connectivity index is 3.44. The minimum absolute atomic E-state index is 0.649. The number of hydrogen-bond acceptors (Lipinski definition) is 2. The zero-order valence-corrected chi connectivity index (χ0v) is 10.8. The Kier molecular flexibility index (Phi) is 7.20. The number of nitrogens with zero attached hydrogens (tertiary/aromatic N) is 1. The van der Waals surface area contributed by atoms with Crippen molar-refractivity contribution in [2.75, 3.05) is 20.1 Å². The highest BCUT2D eigenvalue weighted by Crippen LogP contribution is 2.03. The van der Waals surface area contributed by atoms with E-state index in [1.54, 1.807) is 0 Å². The molecule has 0 aliphatic heterocycles. The first-order valence-corrected chi connectivity index (χ1v) is 5.87. The molecule has 0 saturated carbocycles. The summed E-state index contributed by atoms with van der Waals surface area (Å²) in [6.07, 6.45) is 1.27. The first-order valence-electron chi connectivity index (χ1n) is 5.87. The van der Waals surface area contributed by atoms with Gasteiger partial charge in [0.1, 0.15) is 0 Å². The number of rotatable bonds is 7. The lowest BCUT2D eigenvalue weighted by Gasteiger charge is -2.23. The molecule has 0 bridgehead atoms. The first-order chi connectivity index (χ1) is 6.43. The molecule has 0 heterocycles. The van der Waals surface area contributed by atoms with Gasteiger partial charge in [-0.05, 0) is 40.2 Å². The van der Waals surface area contributed by atoms with E-state index >= 15 is 0 Å². The summed E-state index contributed by atoms with van der Waals surface area (Å²) < 4.78 is 0. The molecule has 0 aliphatic rings. The molecule has 2 heteroatoms. The van der Waals surface area contributed by atoms with E-state index in [1.165, 1.54) is 6.42 Å². The third-order valence-corrected chi connectivity index (χ3v) is 2.66. The molecule has 0 aromatic carbocycles. The van der Waals surface area contributed by atoms with Crippen molar-refractivity contribution >= 4 is 0 Å². The molecule has 0 rings (SSSR count). The Bertz CT molecular complexity index is 132. The van der Waals surface area contributed by atoms with Crippen molar-refractivity contribution in [1.82, 2.24) is 10.2 Å². The van der Waals surface area contributed by atoms with Crippen LogP contribution in [0.2, 0.25) is 0 Å². The van der Waals surface area contributed by atoms with Crippen molar-refractivity contribution in [2.24, 2.45) is 5.92 Å². The van der Waals surface area contributed by atoms with Gasteiger partial charge < -0.3 is 10.2 Å². The Morgan fingerprint density at radius 1 is 1.07 bits per heavy atom. The maximum Gasteiger partial charge on any atom is 0.0107 e. The first kappa shape index (κ1) is 13.9. The fourth-order valence-corrected chi connectivity index (χ4v) is 1.54. The summed E-state index contributed by atoms with van der Waals surface area (Å²) in [4.78, 5) is 2.37. The van der Waals surface area contributed by atoms with Crippen molar-refractivity contribution in [3.8, 4) is 0 Å². The number of nitrogens with one attached hydrogen (secondary N) is 1. The van der Waals surface area contributed by atoms with E-state index in [0.29, 0.717) is 12.1 Å². The molecule has 1 unspecified atom stereocenters. The topological polar surface area (TPSA) is 15.3 Å². The third kappa shape index (κ3) is 7.34. The quantitative estimate of drug-likeness (QED) is 0.678. The van der Waals surface area contributed by atoms with E-state index < -0.39 is 0 Å². The van der Waals surface area contributed by atoms with Crippen LogP contribution in [0.4, 0.5) is 0 Å². The lowest BCUT2D eigenvalue weighted by molar-refractivity contribution is 0.267. The summed E-state index contributed by atoms with van der Waals surface area (Å²) in [5.74, 6) is 0.792. The Hall–Kier alpha value is -0.0800. The molecule has 14 heavy (non-hydrogen) atoms. The van der Waals surface area contributed by atoms with Crippen LogP contribution >= 0.6 is 0 Å². The molecule has 1 atom stereocenters. The molecule has 0 aromatic heterocycles. The predicted octanol–water partition coefficient (Wildman–Crippen LogP) is 2.35. The predicted molar refractivity (Wildman–Crippen MR) is 64.7 cm³/mol. The highest BCUT2D eigenvalue weighted by molar-refractivity contribution is 4.65. The monoisotopic (exact) mass is 200 g/mol. The summed E-state index contributed by atoms with van der Waals surface area (Å²) in [6.45, 7) is 13.5. The minimum atomic E-state index is 0.649.